The minimum atomic E-state index is 0.794. The van der Waals surface area contributed by atoms with Gasteiger partial charge in [0.1, 0.15) is 5.69 Å². The predicted molar refractivity (Wildman–Crippen MR) is 59.2 cm³/mol. The van der Waals surface area contributed by atoms with Gasteiger partial charge >= 0.3 is 0 Å². The SMILES string of the molecule is CNCc1c(-c2ccccn2)ncn1C. The van der Waals surface area contributed by atoms with Crippen molar-refractivity contribution in [1.29, 1.82) is 0 Å². The Bertz CT molecular complexity index is 433. The van der Waals surface area contributed by atoms with Crippen LogP contribution < -0.4 is 5.32 Å². The van der Waals surface area contributed by atoms with E-state index in [-0.39, 0.29) is 0 Å². The monoisotopic (exact) mass is 202 g/mol. The van der Waals surface area contributed by atoms with Gasteiger partial charge in [-0.05, 0) is 19.2 Å². The molecule has 4 heteroatoms. The number of hydrogen-bond donors (Lipinski definition) is 1. The molecule has 15 heavy (non-hydrogen) atoms. The molecule has 0 spiro atoms. The van der Waals surface area contributed by atoms with Gasteiger partial charge in [0, 0.05) is 19.8 Å². The minimum Gasteiger partial charge on any atom is -0.336 e. The first kappa shape index (κ1) is 9.86. The summed E-state index contributed by atoms with van der Waals surface area (Å²) in [6.07, 6.45) is 3.60. The molecule has 2 aromatic rings. The summed E-state index contributed by atoms with van der Waals surface area (Å²) in [5.74, 6) is 0. The lowest BCUT2D eigenvalue weighted by atomic mass is 10.2. The molecule has 0 saturated carbocycles. The van der Waals surface area contributed by atoms with Crippen LogP contribution in [0.2, 0.25) is 0 Å². The number of pyridine rings is 1. The third-order valence-electron chi connectivity index (χ3n) is 2.31. The largest absolute Gasteiger partial charge is 0.336 e. The van der Waals surface area contributed by atoms with Crippen LogP contribution in [0.25, 0.3) is 11.4 Å². The van der Waals surface area contributed by atoms with Crippen LogP contribution in [0.4, 0.5) is 0 Å². The first-order chi connectivity index (χ1) is 7.33. The van der Waals surface area contributed by atoms with Crippen LogP contribution in [0.3, 0.4) is 0 Å². The topological polar surface area (TPSA) is 42.7 Å². The lowest BCUT2D eigenvalue weighted by Gasteiger charge is -2.04. The van der Waals surface area contributed by atoms with E-state index in [1.807, 2.05) is 43.2 Å². The summed E-state index contributed by atoms with van der Waals surface area (Å²) in [7, 11) is 3.92. The maximum absolute atomic E-state index is 4.37. The van der Waals surface area contributed by atoms with Crippen molar-refractivity contribution >= 4 is 0 Å². The molecular formula is C11H14N4. The van der Waals surface area contributed by atoms with Gasteiger partial charge in [0.05, 0.1) is 17.7 Å². The molecule has 4 nitrogen and oxygen atoms in total. The van der Waals surface area contributed by atoms with E-state index in [4.69, 9.17) is 0 Å². The molecule has 2 heterocycles. The highest BCUT2D eigenvalue weighted by atomic mass is 15.1. The van der Waals surface area contributed by atoms with Gasteiger partial charge in [-0.2, -0.15) is 0 Å². The maximum atomic E-state index is 4.37. The van der Waals surface area contributed by atoms with Gasteiger partial charge < -0.3 is 9.88 Å². The summed E-state index contributed by atoms with van der Waals surface area (Å²) in [6.45, 7) is 0.794. The Kier molecular flexibility index (Phi) is 2.78. The van der Waals surface area contributed by atoms with Crippen LogP contribution in [-0.4, -0.2) is 21.6 Å². The van der Waals surface area contributed by atoms with Crippen molar-refractivity contribution in [1.82, 2.24) is 19.9 Å². The number of aryl methyl sites for hydroxylation is 1. The Morgan fingerprint density at radius 3 is 2.87 bits per heavy atom. The molecule has 0 aliphatic carbocycles. The molecule has 0 aromatic carbocycles. The number of imidazole rings is 1. The quantitative estimate of drug-likeness (QED) is 0.813. The number of aromatic nitrogens is 3. The molecular weight excluding hydrogens is 188 g/mol. The fourth-order valence-electron chi connectivity index (χ4n) is 1.55. The van der Waals surface area contributed by atoms with Gasteiger partial charge in [-0.1, -0.05) is 6.07 Å². The summed E-state index contributed by atoms with van der Waals surface area (Å²) in [4.78, 5) is 8.67. The van der Waals surface area contributed by atoms with E-state index in [0.717, 1.165) is 23.6 Å². The predicted octanol–water partition coefficient (Wildman–Crippen LogP) is 1.20. The second kappa shape index (κ2) is 4.23. The van der Waals surface area contributed by atoms with Gasteiger partial charge in [-0.15, -0.1) is 0 Å². The maximum Gasteiger partial charge on any atom is 0.111 e. The van der Waals surface area contributed by atoms with Gasteiger partial charge in [0.25, 0.3) is 0 Å². The molecule has 0 amide bonds. The molecule has 0 fully saturated rings. The van der Waals surface area contributed by atoms with Crippen LogP contribution >= 0.6 is 0 Å². The molecule has 0 atom stereocenters. The van der Waals surface area contributed by atoms with Crippen molar-refractivity contribution in [3.8, 4) is 11.4 Å². The highest BCUT2D eigenvalue weighted by molar-refractivity contribution is 5.56. The lowest BCUT2D eigenvalue weighted by molar-refractivity contribution is 0.735. The first-order valence-electron chi connectivity index (χ1n) is 4.89. The molecule has 78 valence electrons. The lowest BCUT2D eigenvalue weighted by Crippen LogP contribution is -2.10. The summed E-state index contributed by atoms with van der Waals surface area (Å²) >= 11 is 0. The van der Waals surface area contributed by atoms with Crippen molar-refractivity contribution in [2.24, 2.45) is 7.05 Å². The zero-order chi connectivity index (χ0) is 10.7. The highest BCUT2D eigenvalue weighted by Crippen LogP contribution is 2.18. The van der Waals surface area contributed by atoms with E-state index in [1.165, 1.54) is 0 Å². The average Bonchev–Trinajstić information content (AvgIpc) is 2.63. The molecule has 0 aliphatic heterocycles. The molecule has 0 unspecified atom stereocenters. The zero-order valence-electron chi connectivity index (χ0n) is 8.94. The Morgan fingerprint density at radius 2 is 2.20 bits per heavy atom. The van der Waals surface area contributed by atoms with E-state index in [9.17, 15) is 0 Å². The average molecular weight is 202 g/mol. The van der Waals surface area contributed by atoms with E-state index in [1.54, 1.807) is 6.20 Å². The van der Waals surface area contributed by atoms with Crippen molar-refractivity contribution < 1.29 is 0 Å². The minimum absolute atomic E-state index is 0.794. The van der Waals surface area contributed by atoms with Crippen molar-refractivity contribution in [3.05, 3.63) is 36.4 Å². The normalized spacial score (nSPS) is 10.5. The summed E-state index contributed by atoms with van der Waals surface area (Å²) in [6, 6.07) is 5.85. The van der Waals surface area contributed by atoms with Gasteiger partial charge in [0.2, 0.25) is 0 Å². The number of nitrogens with zero attached hydrogens (tertiary/aromatic N) is 3. The second-order valence-electron chi connectivity index (χ2n) is 3.40. The molecule has 0 saturated heterocycles. The van der Waals surface area contributed by atoms with Crippen molar-refractivity contribution in [2.45, 2.75) is 6.54 Å². The van der Waals surface area contributed by atoms with Crippen LogP contribution in [0.15, 0.2) is 30.7 Å². The summed E-state index contributed by atoms with van der Waals surface area (Å²) in [5.41, 5.74) is 3.02. The fraction of sp³-hybridized carbons (Fsp3) is 0.273. The third-order valence-corrected chi connectivity index (χ3v) is 2.31. The number of nitrogens with one attached hydrogen (secondary N) is 1. The molecule has 1 N–H and O–H groups in total. The van der Waals surface area contributed by atoms with Gasteiger partial charge in [-0.3, -0.25) is 4.98 Å². The molecule has 0 aliphatic rings. The zero-order valence-corrected chi connectivity index (χ0v) is 8.94. The van der Waals surface area contributed by atoms with Crippen molar-refractivity contribution in [2.75, 3.05) is 7.05 Å². The number of hydrogen-bond acceptors (Lipinski definition) is 3. The molecule has 2 aromatic heterocycles. The Balaban J connectivity index is 2.44. The Hall–Kier alpha value is -1.68. The van der Waals surface area contributed by atoms with Crippen LogP contribution in [-0.2, 0) is 13.6 Å². The summed E-state index contributed by atoms with van der Waals surface area (Å²) < 4.78 is 2.01. The van der Waals surface area contributed by atoms with E-state index >= 15 is 0 Å². The van der Waals surface area contributed by atoms with Crippen LogP contribution in [0, 0.1) is 0 Å². The van der Waals surface area contributed by atoms with Crippen LogP contribution in [0.5, 0.6) is 0 Å². The van der Waals surface area contributed by atoms with Gasteiger partial charge in [0.15, 0.2) is 0 Å². The van der Waals surface area contributed by atoms with Crippen molar-refractivity contribution in [3.63, 3.8) is 0 Å². The third kappa shape index (κ3) is 1.89. The Labute approximate surface area is 89.0 Å². The van der Waals surface area contributed by atoms with E-state index in [2.05, 4.69) is 15.3 Å². The number of rotatable bonds is 3. The second-order valence-corrected chi connectivity index (χ2v) is 3.40. The van der Waals surface area contributed by atoms with E-state index in [0.29, 0.717) is 0 Å². The highest BCUT2D eigenvalue weighted by Gasteiger charge is 2.10. The smallest absolute Gasteiger partial charge is 0.111 e. The molecule has 0 radical (unpaired) electrons. The van der Waals surface area contributed by atoms with Crippen LogP contribution in [0.1, 0.15) is 5.69 Å². The summed E-state index contributed by atoms with van der Waals surface area (Å²) in [5, 5.41) is 3.13. The molecule has 0 bridgehead atoms. The molecule has 2 rings (SSSR count). The first-order valence-corrected chi connectivity index (χ1v) is 4.89. The van der Waals surface area contributed by atoms with Gasteiger partial charge in [-0.25, -0.2) is 4.98 Å². The fourth-order valence-corrected chi connectivity index (χ4v) is 1.55. The Morgan fingerprint density at radius 1 is 1.33 bits per heavy atom. The standard InChI is InChI=1S/C11H14N4/c1-12-7-10-11(14-8-15(10)2)9-5-3-4-6-13-9/h3-6,8,12H,7H2,1-2H3. The van der Waals surface area contributed by atoms with E-state index < -0.39 is 0 Å².